The molecule has 0 bridgehead atoms. The molecule has 1 atom stereocenters. The highest BCUT2D eigenvalue weighted by Gasteiger charge is 2.06. The molecule has 0 radical (unpaired) electrons. The summed E-state index contributed by atoms with van der Waals surface area (Å²) in [7, 11) is 2.15. The molecule has 0 rings (SSSR count). The van der Waals surface area contributed by atoms with Gasteiger partial charge in [0, 0.05) is 19.1 Å². The molecule has 1 unspecified atom stereocenters. The van der Waals surface area contributed by atoms with E-state index in [9.17, 15) is 0 Å². The van der Waals surface area contributed by atoms with Gasteiger partial charge in [-0.25, -0.2) is 0 Å². The Morgan fingerprint density at radius 1 is 1.25 bits per heavy atom. The molecular formula is C10H24N2. The van der Waals surface area contributed by atoms with E-state index in [1.165, 1.54) is 6.42 Å². The molecule has 2 heteroatoms. The Hall–Kier alpha value is -0.0800. The first-order chi connectivity index (χ1) is 5.56. The monoisotopic (exact) mass is 172 g/mol. The zero-order valence-electron chi connectivity index (χ0n) is 9.01. The van der Waals surface area contributed by atoms with Gasteiger partial charge in [-0.05, 0) is 19.4 Å². The number of hydrogen-bond acceptors (Lipinski definition) is 2. The zero-order chi connectivity index (χ0) is 9.56. The Kier molecular flexibility index (Phi) is 6.39. The second-order valence-electron chi connectivity index (χ2n) is 4.16. The van der Waals surface area contributed by atoms with E-state index in [2.05, 4.69) is 32.7 Å². The summed E-state index contributed by atoms with van der Waals surface area (Å²) in [6.07, 6.45) is 2.33. The van der Waals surface area contributed by atoms with Gasteiger partial charge in [0.1, 0.15) is 0 Å². The van der Waals surface area contributed by atoms with Crippen LogP contribution >= 0.6 is 0 Å². The van der Waals surface area contributed by atoms with Crippen LogP contribution in [0.15, 0.2) is 0 Å². The van der Waals surface area contributed by atoms with Crippen molar-refractivity contribution in [3.8, 4) is 0 Å². The molecule has 0 saturated carbocycles. The highest BCUT2D eigenvalue weighted by Crippen LogP contribution is 1.99. The third kappa shape index (κ3) is 6.62. The lowest BCUT2D eigenvalue weighted by Gasteiger charge is -2.22. The summed E-state index contributed by atoms with van der Waals surface area (Å²) >= 11 is 0. The number of hydrogen-bond donors (Lipinski definition) is 1. The molecule has 0 aliphatic heterocycles. The predicted molar refractivity (Wildman–Crippen MR) is 55.2 cm³/mol. The quantitative estimate of drug-likeness (QED) is 0.661. The second kappa shape index (κ2) is 6.44. The standard InChI is InChI=1S/C10H24N2/c1-5-6-10(11)8-12(4)7-9(2)3/h9-10H,5-8,11H2,1-4H3. The first-order valence-corrected chi connectivity index (χ1v) is 5.00. The van der Waals surface area contributed by atoms with Gasteiger partial charge in [0.05, 0.1) is 0 Å². The summed E-state index contributed by atoms with van der Waals surface area (Å²) in [6, 6.07) is 0.360. The first kappa shape index (κ1) is 11.9. The molecule has 0 aromatic rings. The SMILES string of the molecule is CCCC(N)CN(C)CC(C)C. The van der Waals surface area contributed by atoms with E-state index in [1.54, 1.807) is 0 Å². The normalized spacial score (nSPS) is 14.2. The van der Waals surface area contributed by atoms with E-state index in [4.69, 9.17) is 5.73 Å². The van der Waals surface area contributed by atoms with Crippen LogP contribution in [0.3, 0.4) is 0 Å². The largest absolute Gasteiger partial charge is 0.327 e. The predicted octanol–water partition coefficient (Wildman–Crippen LogP) is 1.70. The molecule has 0 aromatic carbocycles. The third-order valence-electron chi connectivity index (χ3n) is 1.88. The van der Waals surface area contributed by atoms with Crippen molar-refractivity contribution in [2.24, 2.45) is 11.7 Å². The maximum Gasteiger partial charge on any atom is 0.0167 e. The van der Waals surface area contributed by atoms with Crippen LogP contribution in [0.2, 0.25) is 0 Å². The number of nitrogens with two attached hydrogens (primary N) is 1. The van der Waals surface area contributed by atoms with E-state index in [-0.39, 0.29) is 0 Å². The van der Waals surface area contributed by atoms with Crippen molar-refractivity contribution >= 4 is 0 Å². The van der Waals surface area contributed by atoms with Crippen molar-refractivity contribution in [1.82, 2.24) is 4.90 Å². The Morgan fingerprint density at radius 3 is 2.25 bits per heavy atom. The minimum atomic E-state index is 0.360. The fourth-order valence-corrected chi connectivity index (χ4v) is 1.56. The van der Waals surface area contributed by atoms with Crippen LogP contribution in [-0.2, 0) is 0 Å². The average molecular weight is 172 g/mol. The van der Waals surface area contributed by atoms with Gasteiger partial charge in [-0.2, -0.15) is 0 Å². The van der Waals surface area contributed by atoms with Crippen molar-refractivity contribution in [2.45, 2.75) is 39.7 Å². The molecule has 0 spiro atoms. The molecule has 74 valence electrons. The van der Waals surface area contributed by atoms with E-state index >= 15 is 0 Å². The summed E-state index contributed by atoms with van der Waals surface area (Å²) in [6.45, 7) is 8.84. The molecule has 0 aromatic heterocycles. The van der Waals surface area contributed by atoms with Gasteiger partial charge in [-0.15, -0.1) is 0 Å². The van der Waals surface area contributed by atoms with Gasteiger partial charge in [-0.1, -0.05) is 27.2 Å². The molecule has 0 aliphatic carbocycles. The molecule has 12 heavy (non-hydrogen) atoms. The van der Waals surface area contributed by atoms with Crippen LogP contribution in [0.1, 0.15) is 33.6 Å². The van der Waals surface area contributed by atoms with Crippen LogP contribution in [0.4, 0.5) is 0 Å². The van der Waals surface area contributed by atoms with Crippen LogP contribution < -0.4 is 5.73 Å². The van der Waals surface area contributed by atoms with Crippen molar-refractivity contribution in [1.29, 1.82) is 0 Å². The average Bonchev–Trinajstić information content (AvgIpc) is 1.84. The molecule has 2 nitrogen and oxygen atoms in total. The highest BCUT2D eigenvalue weighted by atomic mass is 15.1. The van der Waals surface area contributed by atoms with Gasteiger partial charge < -0.3 is 10.6 Å². The van der Waals surface area contributed by atoms with Crippen LogP contribution in [0.25, 0.3) is 0 Å². The fourth-order valence-electron chi connectivity index (χ4n) is 1.56. The lowest BCUT2D eigenvalue weighted by molar-refractivity contribution is 0.273. The molecule has 0 saturated heterocycles. The maximum atomic E-state index is 5.92. The molecule has 0 aliphatic rings. The lowest BCUT2D eigenvalue weighted by Crippen LogP contribution is -2.36. The van der Waals surface area contributed by atoms with Crippen LogP contribution in [0, 0.1) is 5.92 Å². The van der Waals surface area contributed by atoms with Crippen molar-refractivity contribution in [3.05, 3.63) is 0 Å². The second-order valence-corrected chi connectivity index (χ2v) is 4.16. The minimum absolute atomic E-state index is 0.360. The van der Waals surface area contributed by atoms with Gasteiger partial charge >= 0.3 is 0 Å². The van der Waals surface area contributed by atoms with E-state index in [0.717, 1.165) is 25.4 Å². The van der Waals surface area contributed by atoms with Crippen molar-refractivity contribution in [2.75, 3.05) is 20.1 Å². The fraction of sp³-hybridized carbons (Fsp3) is 1.00. The van der Waals surface area contributed by atoms with E-state index in [0.29, 0.717) is 6.04 Å². The lowest BCUT2D eigenvalue weighted by atomic mass is 10.1. The minimum Gasteiger partial charge on any atom is -0.327 e. The van der Waals surface area contributed by atoms with Crippen LogP contribution in [0.5, 0.6) is 0 Å². The Labute approximate surface area is 77.1 Å². The van der Waals surface area contributed by atoms with Crippen molar-refractivity contribution in [3.63, 3.8) is 0 Å². The number of rotatable bonds is 6. The molecule has 2 N–H and O–H groups in total. The summed E-state index contributed by atoms with van der Waals surface area (Å²) in [5.41, 5.74) is 5.92. The Bertz CT molecular complexity index is 102. The Morgan fingerprint density at radius 2 is 1.83 bits per heavy atom. The Balaban J connectivity index is 3.46. The van der Waals surface area contributed by atoms with E-state index in [1.807, 2.05) is 0 Å². The molecule has 0 fully saturated rings. The highest BCUT2D eigenvalue weighted by molar-refractivity contribution is 4.65. The zero-order valence-corrected chi connectivity index (χ0v) is 9.01. The van der Waals surface area contributed by atoms with Crippen LogP contribution in [-0.4, -0.2) is 31.1 Å². The summed E-state index contributed by atoms with van der Waals surface area (Å²) in [4.78, 5) is 2.32. The topological polar surface area (TPSA) is 29.3 Å². The van der Waals surface area contributed by atoms with Gasteiger partial charge in [-0.3, -0.25) is 0 Å². The summed E-state index contributed by atoms with van der Waals surface area (Å²) < 4.78 is 0. The number of nitrogens with zero attached hydrogens (tertiary/aromatic N) is 1. The summed E-state index contributed by atoms with van der Waals surface area (Å²) in [5.74, 6) is 0.740. The van der Waals surface area contributed by atoms with Gasteiger partial charge in [0.2, 0.25) is 0 Å². The smallest absolute Gasteiger partial charge is 0.0167 e. The third-order valence-corrected chi connectivity index (χ3v) is 1.88. The molecule has 0 amide bonds. The van der Waals surface area contributed by atoms with Gasteiger partial charge in [0.25, 0.3) is 0 Å². The maximum absolute atomic E-state index is 5.92. The van der Waals surface area contributed by atoms with E-state index < -0.39 is 0 Å². The first-order valence-electron chi connectivity index (χ1n) is 5.00. The van der Waals surface area contributed by atoms with Crippen molar-refractivity contribution < 1.29 is 0 Å². The molecule has 0 heterocycles. The number of likely N-dealkylation sites (N-methyl/N-ethyl adjacent to an activating group) is 1. The molecular weight excluding hydrogens is 148 g/mol. The summed E-state index contributed by atoms with van der Waals surface area (Å²) in [5, 5.41) is 0. The van der Waals surface area contributed by atoms with Gasteiger partial charge in [0.15, 0.2) is 0 Å².